The molecule has 3 aliphatic rings. The van der Waals surface area contributed by atoms with E-state index in [1.807, 2.05) is 29.2 Å². The van der Waals surface area contributed by atoms with Crippen LogP contribution in [0.25, 0.3) is 0 Å². The molecule has 0 spiro atoms. The number of alkyl halides is 3. The smallest absolute Gasteiger partial charge is 0.416 e. The van der Waals surface area contributed by atoms with E-state index in [1.165, 1.54) is 17.8 Å². The normalized spacial score (nSPS) is 27.0. The lowest BCUT2D eigenvalue weighted by Crippen LogP contribution is -2.60. The maximum absolute atomic E-state index is 13.5. The summed E-state index contributed by atoms with van der Waals surface area (Å²) in [6, 6.07) is 11.7. The van der Waals surface area contributed by atoms with Crippen LogP contribution in [0.2, 0.25) is 0 Å². The fourth-order valence-electron chi connectivity index (χ4n) is 5.42. The highest BCUT2D eigenvalue weighted by Gasteiger charge is 2.47. The highest BCUT2D eigenvalue weighted by atomic mass is 32.2. The van der Waals surface area contributed by atoms with E-state index in [0.717, 1.165) is 60.7 Å². The Morgan fingerprint density at radius 1 is 0.905 bits per heavy atom. The van der Waals surface area contributed by atoms with Gasteiger partial charge in [0.05, 0.1) is 23.5 Å². The summed E-state index contributed by atoms with van der Waals surface area (Å²) in [6.07, 6.45) is -11.8. The summed E-state index contributed by atoms with van der Waals surface area (Å²) in [7, 11) is 0. The Morgan fingerprint density at radius 2 is 1.57 bits per heavy atom. The van der Waals surface area contributed by atoms with Crippen molar-refractivity contribution in [2.75, 3.05) is 57.3 Å². The van der Waals surface area contributed by atoms with Gasteiger partial charge >= 0.3 is 12.1 Å². The molecule has 0 bridgehead atoms. The molecule has 10 nitrogen and oxygen atoms in total. The predicted octanol–water partition coefficient (Wildman–Crippen LogP) is 2.22. The third-order valence-corrected chi connectivity index (χ3v) is 8.91. The van der Waals surface area contributed by atoms with Gasteiger partial charge in [-0.1, -0.05) is 23.9 Å². The maximum atomic E-state index is 13.5. The number of aliphatic hydroxyl groups is 3. The van der Waals surface area contributed by atoms with Crippen LogP contribution in [-0.2, 0) is 20.4 Å². The van der Waals surface area contributed by atoms with E-state index in [9.17, 15) is 33.3 Å². The minimum absolute atomic E-state index is 0.128. The highest BCUT2D eigenvalue weighted by molar-refractivity contribution is 7.99. The monoisotopic (exact) mass is 613 g/mol. The summed E-state index contributed by atoms with van der Waals surface area (Å²) in [6.45, 7) is 5.05. The average molecular weight is 614 g/mol. The molecule has 0 unspecified atom stereocenters. The largest absolute Gasteiger partial charge is 0.479 e. The number of fused-ring (bicyclic) bond motifs is 2. The maximum Gasteiger partial charge on any atom is 0.416 e. The minimum Gasteiger partial charge on any atom is -0.479 e. The van der Waals surface area contributed by atoms with Crippen molar-refractivity contribution in [2.45, 2.75) is 53.1 Å². The van der Waals surface area contributed by atoms with Gasteiger partial charge in [0.1, 0.15) is 18.3 Å². The molecule has 0 aromatic heterocycles. The van der Waals surface area contributed by atoms with Gasteiger partial charge in [-0.25, -0.2) is 4.79 Å². The number of para-hydroxylation sites is 1. The SMILES string of the molecule is O=C(O)[C@H]1O[C@@H](OCCN2CCN(CCCN3c4ccccc4Sc4ccc(C(F)(F)F)cc43)CC2)[C@H](O)[C@@H](O)[C@@H]1O. The average Bonchev–Trinajstić information content (AvgIpc) is 2.96. The molecule has 4 N–H and O–H groups in total. The number of rotatable bonds is 9. The van der Waals surface area contributed by atoms with Crippen LogP contribution in [0.5, 0.6) is 0 Å². The number of piperazine rings is 1. The molecule has 14 heteroatoms. The lowest BCUT2D eigenvalue weighted by molar-refractivity contribution is -0.294. The van der Waals surface area contributed by atoms with Crippen molar-refractivity contribution in [3.63, 3.8) is 0 Å². The Hall–Kier alpha value is -2.43. The zero-order valence-electron chi connectivity index (χ0n) is 22.7. The number of benzene rings is 2. The molecule has 2 saturated heterocycles. The third kappa shape index (κ3) is 6.86. The van der Waals surface area contributed by atoms with Crippen LogP contribution in [0.15, 0.2) is 52.3 Å². The number of hydrogen-bond donors (Lipinski definition) is 4. The van der Waals surface area contributed by atoms with Gasteiger partial charge in [0, 0.05) is 49.1 Å². The molecule has 0 saturated carbocycles. The van der Waals surface area contributed by atoms with E-state index in [2.05, 4.69) is 9.80 Å². The molecule has 5 rings (SSSR count). The Morgan fingerprint density at radius 3 is 2.26 bits per heavy atom. The minimum atomic E-state index is -4.42. The van der Waals surface area contributed by atoms with Gasteiger partial charge in [0.25, 0.3) is 0 Å². The van der Waals surface area contributed by atoms with Crippen molar-refractivity contribution in [3.05, 3.63) is 48.0 Å². The molecule has 0 aliphatic carbocycles. The number of aliphatic hydroxyl groups excluding tert-OH is 3. The summed E-state index contributed by atoms with van der Waals surface area (Å²) < 4.78 is 51.1. The van der Waals surface area contributed by atoms with E-state index in [-0.39, 0.29) is 6.61 Å². The second-order valence-corrected chi connectivity index (χ2v) is 11.6. The first-order valence-corrected chi connectivity index (χ1v) is 14.6. The predicted molar refractivity (Wildman–Crippen MR) is 147 cm³/mol. The number of carboxylic acid groups (broad SMARTS) is 1. The van der Waals surface area contributed by atoms with Gasteiger partial charge < -0.3 is 39.7 Å². The molecule has 3 aliphatic heterocycles. The quantitative estimate of drug-likeness (QED) is 0.333. The van der Waals surface area contributed by atoms with Crippen LogP contribution in [0.4, 0.5) is 24.5 Å². The van der Waals surface area contributed by atoms with Crippen molar-refractivity contribution in [1.82, 2.24) is 9.80 Å². The van der Waals surface area contributed by atoms with Gasteiger partial charge in [-0.2, -0.15) is 13.2 Å². The Kier molecular flexibility index (Phi) is 9.64. The van der Waals surface area contributed by atoms with Gasteiger partial charge in [-0.3, -0.25) is 4.90 Å². The molecule has 42 heavy (non-hydrogen) atoms. The van der Waals surface area contributed by atoms with E-state index in [0.29, 0.717) is 18.8 Å². The first kappa shape index (κ1) is 31.0. The molecule has 3 heterocycles. The van der Waals surface area contributed by atoms with Crippen LogP contribution in [0.3, 0.4) is 0 Å². The van der Waals surface area contributed by atoms with Crippen molar-refractivity contribution in [2.24, 2.45) is 0 Å². The lowest BCUT2D eigenvalue weighted by Gasteiger charge is -2.39. The van der Waals surface area contributed by atoms with E-state index in [1.54, 1.807) is 6.07 Å². The molecule has 0 amide bonds. The number of aliphatic carboxylic acids is 1. The molecular formula is C28H34F3N3O7S. The number of nitrogens with zero attached hydrogens (tertiary/aromatic N) is 3. The number of carbonyl (C=O) groups is 1. The van der Waals surface area contributed by atoms with Crippen LogP contribution in [-0.4, -0.2) is 119 Å². The van der Waals surface area contributed by atoms with E-state index in [4.69, 9.17) is 14.6 Å². The van der Waals surface area contributed by atoms with Gasteiger partial charge in [-0.15, -0.1) is 0 Å². The van der Waals surface area contributed by atoms with Crippen molar-refractivity contribution in [1.29, 1.82) is 0 Å². The summed E-state index contributed by atoms with van der Waals surface area (Å²) >= 11 is 1.48. The van der Waals surface area contributed by atoms with E-state index < -0.39 is 48.4 Å². The van der Waals surface area contributed by atoms with Gasteiger partial charge in [0.15, 0.2) is 12.4 Å². The lowest BCUT2D eigenvalue weighted by atomic mass is 9.99. The third-order valence-electron chi connectivity index (χ3n) is 7.78. The second-order valence-electron chi connectivity index (χ2n) is 10.5. The molecule has 2 fully saturated rings. The van der Waals surface area contributed by atoms with Crippen molar-refractivity contribution < 1.29 is 47.9 Å². The highest BCUT2D eigenvalue weighted by Crippen LogP contribution is 2.49. The number of carboxylic acids is 1. The fourth-order valence-corrected chi connectivity index (χ4v) is 6.50. The van der Waals surface area contributed by atoms with Crippen LogP contribution >= 0.6 is 11.8 Å². The van der Waals surface area contributed by atoms with Crippen LogP contribution in [0.1, 0.15) is 12.0 Å². The second kappa shape index (κ2) is 13.1. The number of halogens is 3. The zero-order chi connectivity index (χ0) is 30.0. The van der Waals surface area contributed by atoms with Crippen LogP contribution in [0, 0.1) is 0 Å². The fraction of sp³-hybridized carbons (Fsp3) is 0.536. The summed E-state index contributed by atoms with van der Waals surface area (Å²) in [5.74, 6) is -1.46. The topological polar surface area (TPSA) is 126 Å². The number of anilines is 2. The zero-order valence-corrected chi connectivity index (χ0v) is 23.5. The number of hydrogen-bond acceptors (Lipinski definition) is 10. The molecular weight excluding hydrogens is 579 g/mol. The number of ether oxygens (including phenoxy) is 2. The Bertz CT molecular complexity index is 1250. The molecule has 2 aromatic carbocycles. The van der Waals surface area contributed by atoms with Crippen LogP contribution < -0.4 is 4.90 Å². The Balaban J connectivity index is 1.09. The molecule has 5 atom stereocenters. The standard InChI is InChI=1S/C28H34F3N3O7S/c29-28(30,31)17-6-7-21-19(16-17)34(18-4-1-2-5-20(18)42-21)9-3-8-32-10-12-33(13-11-32)14-15-40-27-24(37)22(35)23(36)25(41-27)26(38)39/h1-2,4-7,16,22-25,27,35-37H,3,8-15H2,(H,38,39)/t22-,23-,24+,25-,27+/m0/s1. The Labute approximate surface area is 245 Å². The summed E-state index contributed by atoms with van der Waals surface area (Å²) in [5.41, 5.74) is 0.816. The van der Waals surface area contributed by atoms with Crippen molar-refractivity contribution in [3.8, 4) is 0 Å². The van der Waals surface area contributed by atoms with Crippen molar-refractivity contribution >= 4 is 29.1 Å². The van der Waals surface area contributed by atoms with Gasteiger partial charge in [0.2, 0.25) is 0 Å². The molecule has 0 radical (unpaired) electrons. The first-order valence-electron chi connectivity index (χ1n) is 13.8. The first-order chi connectivity index (χ1) is 20.0. The summed E-state index contributed by atoms with van der Waals surface area (Å²) in [4.78, 5) is 19.5. The molecule has 230 valence electrons. The molecule has 2 aromatic rings. The summed E-state index contributed by atoms with van der Waals surface area (Å²) in [5, 5.41) is 38.9. The van der Waals surface area contributed by atoms with E-state index >= 15 is 0 Å². The van der Waals surface area contributed by atoms with Gasteiger partial charge in [-0.05, 0) is 43.3 Å².